The lowest BCUT2D eigenvalue weighted by Crippen LogP contribution is -2.47. The smallest absolute Gasteiger partial charge is 0.160 e. The van der Waals surface area contributed by atoms with E-state index in [4.69, 9.17) is 9.47 Å². The minimum atomic E-state index is -0.175. The Bertz CT molecular complexity index is 728. The lowest BCUT2D eigenvalue weighted by molar-refractivity contribution is 0.103. The second kappa shape index (κ2) is 9.20. The summed E-state index contributed by atoms with van der Waals surface area (Å²) < 4.78 is 23.8. The van der Waals surface area contributed by atoms with Gasteiger partial charge in [0.15, 0.2) is 11.5 Å². The average Bonchev–Trinajstić information content (AvgIpc) is 2.72. The van der Waals surface area contributed by atoms with Gasteiger partial charge in [0.1, 0.15) is 5.82 Å². The first-order chi connectivity index (χ1) is 13.1. The highest BCUT2D eigenvalue weighted by atomic mass is 19.1. The molecule has 0 N–H and O–H groups in total. The van der Waals surface area contributed by atoms with Gasteiger partial charge in [-0.1, -0.05) is 18.2 Å². The summed E-state index contributed by atoms with van der Waals surface area (Å²) in [6.45, 7) is 7.41. The molecule has 0 spiro atoms. The Hall–Kier alpha value is -2.11. The molecule has 2 aromatic carbocycles. The van der Waals surface area contributed by atoms with Crippen LogP contribution in [0.4, 0.5) is 4.39 Å². The number of ether oxygens (including phenoxy) is 2. The van der Waals surface area contributed by atoms with Crippen molar-refractivity contribution in [3.05, 3.63) is 59.4 Å². The van der Waals surface area contributed by atoms with Gasteiger partial charge in [0.2, 0.25) is 0 Å². The minimum absolute atomic E-state index is 0.175. The summed E-state index contributed by atoms with van der Waals surface area (Å²) in [5.74, 6) is 1.38. The Morgan fingerprint density at radius 2 is 1.59 bits per heavy atom. The first-order valence-electron chi connectivity index (χ1n) is 9.53. The summed E-state index contributed by atoms with van der Waals surface area (Å²) in [5.41, 5.74) is 2.44. The number of halogens is 1. The van der Waals surface area contributed by atoms with Crippen LogP contribution in [0.1, 0.15) is 24.1 Å². The number of piperazine rings is 1. The molecule has 0 saturated carbocycles. The van der Waals surface area contributed by atoms with Gasteiger partial charge in [-0.05, 0) is 48.7 Å². The number of benzene rings is 2. The van der Waals surface area contributed by atoms with Crippen LogP contribution in [0.25, 0.3) is 0 Å². The van der Waals surface area contributed by atoms with E-state index in [0.717, 1.165) is 50.6 Å². The molecular formula is C22H29FN2O2. The number of nitrogens with zero attached hydrogens (tertiary/aromatic N) is 2. The Balaban J connectivity index is 1.49. The van der Waals surface area contributed by atoms with Gasteiger partial charge < -0.3 is 14.4 Å². The normalized spacial score (nSPS) is 16.9. The van der Waals surface area contributed by atoms with Crippen molar-refractivity contribution in [3.8, 4) is 11.5 Å². The number of hydrogen-bond acceptors (Lipinski definition) is 4. The topological polar surface area (TPSA) is 24.9 Å². The fourth-order valence-corrected chi connectivity index (χ4v) is 3.65. The molecule has 0 aliphatic carbocycles. The molecule has 1 aliphatic rings. The fraction of sp³-hybridized carbons (Fsp3) is 0.455. The van der Waals surface area contributed by atoms with Crippen LogP contribution in [0.15, 0.2) is 42.5 Å². The maximum Gasteiger partial charge on any atom is 0.160 e. The van der Waals surface area contributed by atoms with Gasteiger partial charge in [0.25, 0.3) is 0 Å². The van der Waals surface area contributed by atoms with Crippen LogP contribution in [0.2, 0.25) is 0 Å². The van der Waals surface area contributed by atoms with Crippen LogP contribution in [0.5, 0.6) is 11.5 Å². The molecule has 0 bridgehead atoms. The maximum atomic E-state index is 13.1. The van der Waals surface area contributed by atoms with Crippen molar-refractivity contribution in [1.29, 1.82) is 0 Å². The van der Waals surface area contributed by atoms with Gasteiger partial charge in [-0.3, -0.25) is 4.90 Å². The Labute approximate surface area is 161 Å². The van der Waals surface area contributed by atoms with E-state index in [2.05, 4.69) is 28.9 Å². The van der Waals surface area contributed by atoms with E-state index in [1.165, 1.54) is 11.1 Å². The van der Waals surface area contributed by atoms with Crippen molar-refractivity contribution in [2.75, 3.05) is 46.9 Å². The van der Waals surface area contributed by atoms with Crippen LogP contribution >= 0.6 is 0 Å². The van der Waals surface area contributed by atoms with E-state index in [1.807, 2.05) is 18.2 Å². The zero-order valence-electron chi connectivity index (χ0n) is 16.5. The quantitative estimate of drug-likeness (QED) is 0.739. The lowest BCUT2D eigenvalue weighted by atomic mass is 10.1. The predicted molar refractivity (Wildman–Crippen MR) is 106 cm³/mol. The van der Waals surface area contributed by atoms with Crippen molar-refractivity contribution < 1.29 is 13.9 Å². The average molecular weight is 372 g/mol. The van der Waals surface area contributed by atoms with Crippen LogP contribution in [0, 0.1) is 5.82 Å². The third-order valence-electron chi connectivity index (χ3n) is 5.47. The van der Waals surface area contributed by atoms with Crippen molar-refractivity contribution >= 4 is 0 Å². The molecule has 27 heavy (non-hydrogen) atoms. The predicted octanol–water partition coefficient (Wildman–Crippen LogP) is 3.76. The molecule has 146 valence electrons. The molecule has 1 fully saturated rings. The third kappa shape index (κ3) is 4.99. The number of hydrogen-bond donors (Lipinski definition) is 0. The van der Waals surface area contributed by atoms with Crippen LogP contribution < -0.4 is 9.47 Å². The molecule has 1 unspecified atom stereocenters. The molecule has 0 aromatic heterocycles. The van der Waals surface area contributed by atoms with E-state index in [-0.39, 0.29) is 5.82 Å². The molecule has 1 atom stereocenters. The van der Waals surface area contributed by atoms with Crippen molar-refractivity contribution in [1.82, 2.24) is 9.80 Å². The lowest BCUT2D eigenvalue weighted by Gasteiger charge is -2.38. The molecule has 0 amide bonds. The van der Waals surface area contributed by atoms with Crippen LogP contribution in [-0.4, -0.2) is 56.7 Å². The summed E-state index contributed by atoms with van der Waals surface area (Å²) in [5, 5.41) is 0. The van der Waals surface area contributed by atoms with Gasteiger partial charge >= 0.3 is 0 Å². The van der Waals surface area contributed by atoms with Gasteiger partial charge in [-0.25, -0.2) is 4.39 Å². The molecule has 1 saturated heterocycles. The molecule has 5 heteroatoms. The van der Waals surface area contributed by atoms with Gasteiger partial charge in [-0.15, -0.1) is 0 Å². The maximum absolute atomic E-state index is 13.1. The standard InChI is InChI=1S/C22H29FN2O2/c1-17(19-5-7-20(23)8-6-19)25-14-12-24(13-15-25)11-10-18-4-9-21(26-2)22(16-18)27-3/h4-9,16-17H,10-15H2,1-3H3. The Morgan fingerprint density at radius 1 is 0.926 bits per heavy atom. The highest BCUT2D eigenvalue weighted by Gasteiger charge is 2.22. The van der Waals surface area contributed by atoms with Crippen molar-refractivity contribution in [2.24, 2.45) is 0 Å². The van der Waals surface area contributed by atoms with E-state index < -0.39 is 0 Å². The molecule has 4 nitrogen and oxygen atoms in total. The fourth-order valence-electron chi connectivity index (χ4n) is 3.65. The van der Waals surface area contributed by atoms with E-state index in [0.29, 0.717) is 6.04 Å². The zero-order chi connectivity index (χ0) is 19.2. The Morgan fingerprint density at radius 3 is 2.22 bits per heavy atom. The molecular weight excluding hydrogens is 343 g/mol. The first-order valence-corrected chi connectivity index (χ1v) is 9.53. The molecule has 0 radical (unpaired) electrons. The number of methoxy groups -OCH3 is 2. The van der Waals surface area contributed by atoms with Crippen molar-refractivity contribution in [3.63, 3.8) is 0 Å². The van der Waals surface area contributed by atoms with Crippen molar-refractivity contribution in [2.45, 2.75) is 19.4 Å². The third-order valence-corrected chi connectivity index (χ3v) is 5.47. The molecule has 1 aliphatic heterocycles. The van der Waals surface area contributed by atoms with E-state index in [1.54, 1.807) is 26.4 Å². The summed E-state index contributed by atoms with van der Waals surface area (Å²) in [6, 6.07) is 13.3. The molecule has 1 heterocycles. The van der Waals surface area contributed by atoms with E-state index in [9.17, 15) is 4.39 Å². The van der Waals surface area contributed by atoms with Crippen LogP contribution in [0.3, 0.4) is 0 Å². The van der Waals surface area contributed by atoms with Crippen LogP contribution in [-0.2, 0) is 6.42 Å². The monoisotopic (exact) mass is 372 g/mol. The van der Waals surface area contributed by atoms with Gasteiger partial charge in [0.05, 0.1) is 14.2 Å². The second-order valence-corrected chi connectivity index (χ2v) is 7.04. The van der Waals surface area contributed by atoms with Gasteiger partial charge in [-0.2, -0.15) is 0 Å². The minimum Gasteiger partial charge on any atom is -0.493 e. The van der Waals surface area contributed by atoms with Gasteiger partial charge in [0, 0.05) is 38.8 Å². The number of rotatable bonds is 7. The van der Waals surface area contributed by atoms with E-state index >= 15 is 0 Å². The summed E-state index contributed by atoms with van der Waals surface area (Å²) >= 11 is 0. The Kier molecular flexibility index (Phi) is 6.69. The zero-order valence-corrected chi connectivity index (χ0v) is 16.5. The summed E-state index contributed by atoms with van der Waals surface area (Å²) in [6.07, 6.45) is 0.994. The highest BCUT2D eigenvalue weighted by molar-refractivity contribution is 5.42. The summed E-state index contributed by atoms with van der Waals surface area (Å²) in [7, 11) is 3.33. The first kappa shape index (κ1) is 19.6. The molecule has 3 rings (SSSR count). The summed E-state index contributed by atoms with van der Waals surface area (Å²) in [4.78, 5) is 4.98. The molecule has 2 aromatic rings. The SMILES string of the molecule is COc1ccc(CCN2CCN(C(C)c3ccc(F)cc3)CC2)cc1OC. The largest absolute Gasteiger partial charge is 0.493 e. The highest BCUT2D eigenvalue weighted by Crippen LogP contribution is 2.28. The second-order valence-electron chi connectivity index (χ2n) is 7.04.